The highest BCUT2D eigenvalue weighted by atomic mass is 16.4. The average Bonchev–Trinajstić information content (AvgIpc) is 2.90. The molecule has 28 heavy (non-hydrogen) atoms. The van der Waals surface area contributed by atoms with Crippen molar-refractivity contribution in [3.8, 4) is 11.1 Å². The molecular formula is C23H27N2O3+. The standard InChI is InChI=1S/C23H26N2O3/c1-16-23(2,3)20-13-19(18-10-8-17(15-26)9-11-18)14-25(22(20)24-16)12-6-4-5-7-21(27)28/h8-11,13-15H,4-7,12H2,1-3H3/p+1. The van der Waals surface area contributed by atoms with Gasteiger partial charge in [-0.15, -0.1) is 0 Å². The van der Waals surface area contributed by atoms with Crippen LogP contribution >= 0.6 is 0 Å². The molecule has 1 aliphatic rings. The number of pyridine rings is 1. The van der Waals surface area contributed by atoms with E-state index in [2.05, 4.69) is 37.6 Å². The van der Waals surface area contributed by atoms with Crippen molar-refractivity contribution < 1.29 is 19.3 Å². The molecule has 0 atom stereocenters. The number of aryl methyl sites for hydroxylation is 1. The molecular weight excluding hydrogens is 352 g/mol. The fourth-order valence-corrected chi connectivity index (χ4v) is 3.54. The van der Waals surface area contributed by atoms with Crippen LogP contribution in [0.15, 0.2) is 41.5 Å². The van der Waals surface area contributed by atoms with Gasteiger partial charge >= 0.3 is 11.8 Å². The molecule has 0 saturated carbocycles. The van der Waals surface area contributed by atoms with Crippen molar-refractivity contribution in [1.82, 2.24) is 0 Å². The lowest BCUT2D eigenvalue weighted by atomic mass is 9.82. The summed E-state index contributed by atoms with van der Waals surface area (Å²) in [7, 11) is 0. The van der Waals surface area contributed by atoms with E-state index in [1.807, 2.05) is 24.3 Å². The Labute approximate surface area is 165 Å². The van der Waals surface area contributed by atoms with Gasteiger partial charge in [0.1, 0.15) is 12.0 Å². The third-order valence-electron chi connectivity index (χ3n) is 5.63. The number of rotatable bonds is 8. The second kappa shape index (κ2) is 8.05. The number of carboxylic acids is 1. The normalized spacial score (nSPS) is 14.5. The van der Waals surface area contributed by atoms with Crippen LogP contribution in [0.3, 0.4) is 0 Å². The zero-order valence-corrected chi connectivity index (χ0v) is 16.7. The lowest BCUT2D eigenvalue weighted by Gasteiger charge is -2.17. The molecule has 2 heterocycles. The second-order valence-corrected chi connectivity index (χ2v) is 7.93. The van der Waals surface area contributed by atoms with Crippen molar-refractivity contribution >= 4 is 23.8 Å². The first kappa shape index (κ1) is 19.9. The van der Waals surface area contributed by atoms with Gasteiger partial charge in [0.2, 0.25) is 0 Å². The fourth-order valence-electron chi connectivity index (χ4n) is 3.54. The number of unbranched alkanes of at least 4 members (excludes halogenated alkanes) is 2. The van der Waals surface area contributed by atoms with Gasteiger partial charge < -0.3 is 5.11 Å². The van der Waals surface area contributed by atoms with Gasteiger partial charge in [-0.05, 0) is 56.7 Å². The quantitative estimate of drug-likeness (QED) is 0.417. The van der Waals surface area contributed by atoms with Crippen molar-refractivity contribution in [2.24, 2.45) is 4.99 Å². The topological polar surface area (TPSA) is 70.6 Å². The molecule has 1 aliphatic heterocycles. The van der Waals surface area contributed by atoms with E-state index >= 15 is 0 Å². The molecule has 0 bridgehead atoms. The van der Waals surface area contributed by atoms with E-state index in [0.717, 1.165) is 48.3 Å². The van der Waals surface area contributed by atoms with E-state index in [1.165, 1.54) is 5.56 Å². The molecule has 0 unspecified atom stereocenters. The highest BCUT2D eigenvalue weighted by Crippen LogP contribution is 2.39. The Morgan fingerprint density at radius 2 is 1.86 bits per heavy atom. The molecule has 3 rings (SSSR count). The third-order valence-corrected chi connectivity index (χ3v) is 5.63. The van der Waals surface area contributed by atoms with Gasteiger partial charge in [-0.2, -0.15) is 0 Å². The number of carbonyl (C=O) groups excluding carboxylic acids is 1. The van der Waals surface area contributed by atoms with Gasteiger partial charge in [0, 0.05) is 17.5 Å². The molecule has 0 radical (unpaired) electrons. The molecule has 1 N–H and O–H groups in total. The Balaban J connectivity index is 1.92. The molecule has 5 heteroatoms. The van der Waals surface area contributed by atoms with Crippen LogP contribution in [0.1, 0.15) is 62.4 Å². The van der Waals surface area contributed by atoms with Crippen molar-refractivity contribution in [2.45, 2.75) is 58.4 Å². The zero-order valence-electron chi connectivity index (χ0n) is 16.7. The predicted molar refractivity (Wildman–Crippen MR) is 109 cm³/mol. The Morgan fingerprint density at radius 1 is 1.14 bits per heavy atom. The highest BCUT2D eigenvalue weighted by Gasteiger charge is 2.41. The highest BCUT2D eigenvalue weighted by molar-refractivity contribution is 5.98. The summed E-state index contributed by atoms with van der Waals surface area (Å²) < 4.78 is 2.19. The van der Waals surface area contributed by atoms with Gasteiger partial charge in [-0.1, -0.05) is 24.3 Å². The predicted octanol–water partition coefficient (Wildman–Crippen LogP) is 4.48. The summed E-state index contributed by atoms with van der Waals surface area (Å²) in [6.07, 6.45) is 5.66. The van der Waals surface area contributed by atoms with E-state index in [0.29, 0.717) is 12.0 Å². The van der Waals surface area contributed by atoms with E-state index in [-0.39, 0.29) is 11.8 Å². The smallest absolute Gasteiger partial charge is 0.327 e. The Morgan fingerprint density at radius 3 is 2.50 bits per heavy atom. The lowest BCUT2D eigenvalue weighted by molar-refractivity contribution is -0.684. The minimum atomic E-state index is -0.740. The second-order valence-electron chi connectivity index (χ2n) is 7.93. The summed E-state index contributed by atoms with van der Waals surface area (Å²) in [5.74, 6) is 0.255. The first-order chi connectivity index (χ1) is 13.3. The molecule has 1 aromatic heterocycles. The van der Waals surface area contributed by atoms with Crippen LogP contribution < -0.4 is 4.57 Å². The number of aliphatic carboxylic acids is 1. The molecule has 0 amide bonds. The maximum atomic E-state index is 10.9. The number of aliphatic imine (C=N–C) groups is 1. The summed E-state index contributed by atoms with van der Waals surface area (Å²) in [4.78, 5) is 26.5. The molecule has 0 aliphatic carbocycles. The SMILES string of the molecule is CC1=Nc2c(cc(-c3ccc(C=O)cc3)c[n+]2CCCCCC(=O)O)C1(C)C. The van der Waals surface area contributed by atoms with E-state index in [4.69, 9.17) is 10.1 Å². The first-order valence-corrected chi connectivity index (χ1v) is 9.74. The monoisotopic (exact) mass is 379 g/mol. The minimum Gasteiger partial charge on any atom is -0.481 e. The van der Waals surface area contributed by atoms with Crippen LogP contribution in [0.25, 0.3) is 11.1 Å². The van der Waals surface area contributed by atoms with Gasteiger partial charge in [-0.3, -0.25) is 9.59 Å². The Kier molecular flexibility index (Phi) is 5.73. The maximum Gasteiger partial charge on any atom is 0.327 e. The van der Waals surface area contributed by atoms with Gasteiger partial charge in [0.05, 0.1) is 23.7 Å². The van der Waals surface area contributed by atoms with Crippen molar-refractivity contribution in [3.05, 3.63) is 47.7 Å². The fraction of sp³-hybridized carbons (Fsp3) is 0.391. The van der Waals surface area contributed by atoms with Gasteiger partial charge in [0.25, 0.3) is 0 Å². The number of nitrogens with zero attached hydrogens (tertiary/aromatic N) is 2. The zero-order chi connectivity index (χ0) is 20.3. The van der Waals surface area contributed by atoms with Crippen molar-refractivity contribution in [2.75, 3.05) is 0 Å². The maximum absolute atomic E-state index is 10.9. The van der Waals surface area contributed by atoms with Crippen LogP contribution in [-0.4, -0.2) is 23.1 Å². The molecule has 0 spiro atoms. The van der Waals surface area contributed by atoms with Crippen LogP contribution in [0.4, 0.5) is 5.82 Å². The molecule has 5 nitrogen and oxygen atoms in total. The van der Waals surface area contributed by atoms with Gasteiger partial charge in [-0.25, -0.2) is 4.57 Å². The molecule has 146 valence electrons. The van der Waals surface area contributed by atoms with Crippen molar-refractivity contribution in [3.63, 3.8) is 0 Å². The number of aldehydes is 1. The summed E-state index contributed by atoms with van der Waals surface area (Å²) in [6, 6.07) is 9.81. The summed E-state index contributed by atoms with van der Waals surface area (Å²) in [5, 5.41) is 8.80. The van der Waals surface area contributed by atoms with E-state index < -0.39 is 5.97 Å². The minimum absolute atomic E-state index is 0.126. The molecule has 0 fully saturated rings. The van der Waals surface area contributed by atoms with Crippen LogP contribution in [0.5, 0.6) is 0 Å². The lowest BCUT2D eigenvalue weighted by Crippen LogP contribution is -2.35. The summed E-state index contributed by atoms with van der Waals surface area (Å²) in [6.45, 7) is 7.24. The summed E-state index contributed by atoms with van der Waals surface area (Å²) >= 11 is 0. The van der Waals surface area contributed by atoms with E-state index in [9.17, 15) is 9.59 Å². The average molecular weight is 379 g/mol. The number of hydrogen-bond acceptors (Lipinski definition) is 3. The van der Waals surface area contributed by atoms with Crippen LogP contribution in [0, 0.1) is 0 Å². The Hall–Kier alpha value is -2.82. The van der Waals surface area contributed by atoms with E-state index in [1.54, 1.807) is 0 Å². The van der Waals surface area contributed by atoms with Crippen molar-refractivity contribution in [1.29, 1.82) is 0 Å². The van der Waals surface area contributed by atoms with Gasteiger partial charge in [0.15, 0.2) is 0 Å². The molecule has 0 saturated heterocycles. The van der Waals surface area contributed by atoms with Crippen LogP contribution in [0.2, 0.25) is 0 Å². The number of carbonyl (C=O) groups is 2. The number of aromatic nitrogens is 1. The van der Waals surface area contributed by atoms with Crippen LogP contribution in [-0.2, 0) is 16.8 Å². The number of benzene rings is 1. The first-order valence-electron chi connectivity index (χ1n) is 9.74. The number of hydrogen-bond donors (Lipinski definition) is 1. The third kappa shape index (κ3) is 4.03. The summed E-state index contributed by atoms with van der Waals surface area (Å²) in [5.41, 5.74) is 4.99. The molecule has 2 aromatic rings. The largest absolute Gasteiger partial charge is 0.481 e. The molecule has 1 aromatic carbocycles. The number of fused-ring (bicyclic) bond motifs is 1. The Bertz CT molecular complexity index is 928. The number of carboxylic acid groups (broad SMARTS) is 1.